The molecule has 18 heavy (non-hydrogen) atoms. The summed E-state index contributed by atoms with van der Waals surface area (Å²) < 4.78 is 13.7. The Hall–Kier alpha value is -0.700. The number of carbonyl (C=O) groups excluding carboxylic acids is 1. The molecule has 0 aromatic heterocycles. The molecule has 0 fully saturated rings. The molecule has 0 saturated carbocycles. The zero-order valence-corrected chi connectivity index (χ0v) is 13.0. The third kappa shape index (κ3) is 4.20. The Bertz CT molecular complexity index is 435. The lowest BCUT2D eigenvalue weighted by molar-refractivity contribution is -0.120. The summed E-state index contributed by atoms with van der Waals surface area (Å²) in [6.07, 6.45) is 0.825. The van der Waals surface area contributed by atoms with Crippen molar-refractivity contribution in [1.29, 1.82) is 0 Å². The zero-order valence-electron chi connectivity index (χ0n) is 11.4. The highest BCUT2D eigenvalue weighted by Gasteiger charge is 2.22. The van der Waals surface area contributed by atoms with E-state index in [1.54, 1.807) is 12.1 Å². The van der Waals surface area contributed by atoms with E-state index in [1.165, 1.54) is 6.07 Å². The Morgan fingerprint density at radius 2 is 2.00 bits per heavy atom. The van der Waals surface area contributed by atoms with Crippen molar-refractivity contribution < 1.29 is 9.18 Å². The molecule has 0 bridgehead atoms. The van der Waals surface area contributed by atoms with Crippen LogP contribution in [0.15, 0.2) is 22.7 Å². The van der Waals surface area contributed by atoms with Gasteiger partial charge in [0.15, 0.2) is 0 Å². The lowest BCUT2D eigenvalue weighted by Crippen LogP contribution is -2.21. The second-order valence-electron chi connectivity index (χ2n) is 5.90. The minimum Gasteiger partial charge on any atom is -0.299 e. The Kier molecular flexibility index (Phi) is 5.09. The molecule has 0 heterocycles. The average Bonchev–Trinajstić information content (AvgIpc) is 2.23. The van der Waals surface area contributed by atoms with Gasteiger partial charge in [-0.15, -0.1) is 0 Å². The minimum absolute atomic E-state index is 0.120. The van der Waals surface area contributed by atoms with Gasteiger partial charge in [-0.1, -0.05) is 39.8 Å². The number of halogens is 2. The third-order valence-corrected chi connectivity index (χ3v) is 4.32. The highest BCUT2D eigenvalue weighted by Crippen LogP contribution is 2.29. The SMILES string of the molecule is CC(CC(=O)Cc1cccc(F)c1Br)C(C)(C)C. The zero-order chi connectivity index (χ0) is 13.9. The number of hydrogen-bond donors (Lipinski definition) is 0. The van der Waals surface area contributed by atoms with Crippen molar-refractivity contribution in [3.63, 3.8) is 0 Å². The van der Waals surface area contributed by atoms with Crippen LogP contribution in [-0.2, 0) is 11.2 Å². The van der Waals surface area contributed by atoms with Gasteiger partial charge in [0.2, 0.25) is 0 Å². The Labute approximate surface area is 117 Å². The summed E-state index contributed by atoms with van der Waals surface area (Å²) in [7, 11) is 0. The van der Waals surface area contributed by atoms with Gasteiger partial charge >= 0.3 is 0 Å². The van der Waals surface area contributed by atoms with Crippen molar-refractivity contribution in [1.82, 2.24) is 0 Å². The molecule has 0 N–H and O–H groups in total. The number of hydrogen-bond acceptors (Lipinski definition) is 1. The van der Waals surface area contributed by atoms with Crippen LogP contribution in [0.1, 0.15) is 39.7 Å². The van der Waals surface area contributed by atoms with Crippen LogP contribution in [0, 0.1) is 17.2 Å². The van der Waals surface area contributed by atoms with Crippen LogP contribution in [0.3, 0.4) is 0 Å². The lowest BCUT2D eigenvalue weighted by atomic mass is 9.79. The van der Waals surface area contributed by atoms with Crippen molar-refractivity contribution >= 4 is 21.7 Å². The van der Waals surface area contributed by atoms with Crippen LogP contribution in [0.4, 0.5) is 4.39 Å². The molecule has 0 radical (unpaired) electrons. The topological polar surface area (TPSA) is 17.1 Å². The number of rotatable bonds is 4. The summed E-state index contributed by atoms with van der Waals surface area (Å²) in [5.41, 5.74) is 0.843. The summed E-state index contributed by atoms with van der Waals surface area (Å²) in [6, 6.07) is 4.80. The van der Waals surface area contributed by atoms with Gasteiger partial charge < -0.3 is 0 Å². The second kappa shape index (κ2) is 5.96. The highest BCUT2D eigenvalue weighted by atomic mass is 79.9. The van der Waals surface area contributed by atoms with E-state index in [1.807, 2.05) is 0 Å². The molecular formula is C15H20BrFO. The lowest BCUT2D eigenvalue weighted by Gasteiger charge is -2.26. The first kappa shape index (κ1) is 15.4. The maximum Gasteiger partial charge on any atom is 0.137 e. The van der Waals surface area contributed by atoms with Crippen molar-refractivity contribution in [2.24, 2.45) is 11.3 Å². The van der Waals surface area contributed by atoms with Crippen LogP contribution >= 0.6 is 15.9 Å². The minimum atomic E-state index is -0.316. The molecule has 100 valence electrons. The Morgan fingerprint density at radius 1 is 1.39 bits per heavy atom. The maximum absolute atomic E-state index is 13.3. The number of ketones is 1. The number of benzene rings is 1. The molecular weight excluding hydrogens is 295 g/mol. The monoisotopic (exact) mass is 314 g/mol. The predicted octanol–water partition coefficient (Wildman–Crippen LogP) is 4.77. The first-order chi connectivity index (χ1) is 8.21. The highest BCUT2D eigenvalue weighted by molar-refractivity contribution is 9.10. The molecule has 0 aliphatic carbocycles. The van der Waals surface area contributed by atoms with E-state index in [0.29, 0.717) is 23.2 Å². The molecule has 0 aliphatic rings. The largest absolute Gasteiger partial charge is 0.299 e. The number of carbonyl (C=O) groups is 1. The normalized spacial score (nSPS) is 13.4. The van der Waals surface area contributed by atoms with Gasteiger partial charge in [-0.25, -0.2) is 4.39 Å². The summed E-state index contributed by atoms with van der Waals surface area (Å²) in [5, 5.41) is 0. The van der Waals surface area contributed by atoms with Crippen molar-refractivity contribution in [3.8, 4) is 0 Å². The number of Topliss-reactive ketones (excluding diaryl/α,β-unsaturated/α-hetero) is 1. The van der Waals surface area contributed by atoms with Gasteiger partial charge in [-0.3, -0.25) is 4.79 Å². The van der Waals surface area contributed by atoms with E-state index in [-0.39, 0.29) is 17.0 Å². The van der Waals surface area contributed by atoms with Gasteiger partial charge in [0.1, 0.15) is 11.6 Å². The third-order valence-electron chi connectivity index (χ3n) is 3.43. The van der Waals surface area contributed by atoms with E-state index >= 15 is 0 Å². The van der Waals surface area contributed by atoms with Crippen molar-refractivity contribution in [2.75, 3.05) is 0 Å². The fraction of sp³-hybridized carbons (Fsp3) is 0.533. The van der Waals surface area contributed by atoms with E-state index in [9.17, 15) is 9.18 Å². The standard InChI is InChI=1S/C15H20BrFO/c1-10(15(2,3)4)8-12(18)9-11-6-5-7-13(17)14(11)16/h5-7,10H,8-9H2,1-4H3. The van der Waals surface area contributed by atoms with Crippen LogP contribution in [-0.4, -0.2) is 5.78 Å². The van der Waals surface area contributed by atoms with E-state index in [0.717, 1.165) is 5.56 Å². The van der Waals surface area contributed by atoms with E-state index < -0.39 is 0 Å². The molecule has 1 rings (SSSR count). The van der Waals surface area contributed by atoms with Crippen LogP contribution in [0.25, 0.3) is 0 Å². The molecule has 0 aliphatic heterocycles. The maximum atomic E-state index is 13.3. The first-order valence-corrected chi connectivity index (χ1v) is 6.95. The molecule has 1 nitrogen and oxygen atoms in total. The van der Waals surface area contributed by atoms with Gasteiger partial charge in [0, 0.05) is 12.8 Å². The van der Waals surface area contributed by atoms with Crippen LogP contribution in [0.2, 0.25) is 0 Å². The fourth-order valence-electron chi connectivity index (χ4n) is 1.62. The smallest absolute Gasteiger partial charge is 0.137 e. The second-order valence-corrected chi connectivity index (χ2v) is 6.69. The average molecular weight is 315 g/mol. The molecule has 0 amide bonds. The van der Waals surface area contributed by atoms with Gasteiger partial charge in [-0.2, -0.15) is 0 Å². The molecule has 1 aromatic rings. The molecule has 1 unspecified atom stereocenters. The van der Waals surface area contributed by atoms with Gasteiger partial charge in [0.05, 0.1) is 4.47 Å². The fourth-order valence-corrected chi connectivity index (χ4v) is 2.02. The summed E-state index contributed by atoms with van der Waals surface area (Å²) in [5.74, 6) is 0.158. The van der Waals surface area contributed by atoms with Crippen LogP contribution < -0.4 is 0 Å². The molecule has 1 atom stereocenters. The Balaban J connectivity index is 2.69. The first-order valence-electron chi connectivity index (χ1n) is 6.16. The summed E-state index contributed by atoms with van der Waals surface area (Å²) in [6.45, 7) is 8.47. The van der Waals surface area contributed by atoms with Crippen molar-refractivity contribution in [2.45, 2.75) is 40.5 Å². The van der Waals surface area contributed by atoms with Crippen molar-refractivity contribution in [3.05, 3.63) is 34.1 Å². The Morgan fingerprint density at radius 3 is 2.56 bits per heavy atom. The van der Waals surface area contributed by atoms with E-state index in [4.69, 9.17) is 0 Å². The van der Waals surface area contributed by atoms with Gasteiger partial charge in [0.25, 0.3) is 0 Å². The molecule has 1 aromatic carbocycles. The summed E-state index contributed by atoms with van der Waals surface area (Å²) >= 11 is 3.19. The quantitative estimate of drug-likeness (QED) is 0.782. The predicted molar refractivity (Wildman–Crippen MR) is 76.0 cm³/mol. The molecule has 0 saturated heterocycles. The molecule has 3 heteroatoms. The van der Waals surface area contributed by atoms with Gasteiger partial charge in [-0.05, 0) is 38.9 Å². The molecule has 0 spiro atoms. The summed E-state index contributed by atoms with van der Waals surface area (Å²) in [4.78, 5) is 12.0. The van der Waals surface area contributed by atoms with E-state index in [2.05, 4.69) is 43.6 Å². The van der Waals surface area contributed by atoms with Crippen LogP contribution in [0.5, 0.6) is 0 Å².